The van der Waals surface area contributed by atoms with E-state index in [0.29, 0.717) is 19.8 Å². The van der Waals surface area contributed by atoms with E-state index in [4.69, 9.17) is 13.3 Å². The molecule has 0 rings (SSSR count). The van der Waals surface area contributed by atoms with Crippen LogP contribution in [-0.4, -0.2) is 79.0 Å². The normalized spacial score (nSPS) is 13.0. The summed E-state index contributed by atoms with van der Waals surface area (Å²) in [4.78, 5) is 2.67. The van der Waals surface area contributed by atoms with E-state index in [1.807, 2.05) is 20.8 Å². The van der Waals surface area contributed by atoms with Crippen LogP contribution in [0.15, 0.2) is 0 Å². The van der Waals surface area contributed by atoms with E-state index in [-0.39, 0.29) is 0 Å². The number of rotatable bonds is 22. The van der Waals surface area contributed by atoms with Gasteiger partial charge in [0.25, 0.3) is 0 Å². The minimum Gasteiger partial charge on any atom is -0.374 e. The highest BCUT2D eigenvalue weighted by molar-refractivity contribution is 6.77. The lowest BCUT2D eigenvalue weighted by atomic mass is 10.3. The van der Waals surface area contributed by atoms with E-state index < -0.39 is 17.0 Å². The molecule has 0 saturated carbocycles. The van der Waals surface area contributed by atoms with Gasteiger partial charge in [-0.2, -0.15) is 0 Å². The third-order valence-electron chi connectivity index (χ3n) is 6.66. The van der Waals surface area contributed by atoms with Crippen molar-refractivity contribution in [1.29, 1.82) is 0 Å². The Morgan fingerprint density at radius 3 is 1.42 bits per heavy atom. The van der Waals surface area contributed by atoms with E-state index in [1.54, 1.807) is 0 Å². The molecule has 0 aromatic carbocycles. The van der Waals surface area contributed by atoms with Gasteiger partial charge < -0.3 is 22.7 Å². The molecule has 0 atom stereocenters. The molecule has 0 unspecified atom stereocenters. The summed E-state index contributed by atoms with van der Waals surface area (Å²) in [5.74, 6) is 0. The Balaban J connectivity index is 5.10. The zero-order valence-electron chi connectivity index (χ0n) is 22.4. The van der Waals surface area contributed by atoms with E-state index >= 15 is 0 Å². The topological polar surface area (TPSA) is 34.2 Å². The predicted molar refractivity (Wildman–Crippen MR) is 140 cm³/mol. The number of hydrogen-bond donors (Lipinski definition) is 0. The van der Waals surface area contributed by atoms with Gasteiger partial charge in [0.2, 0.25) is 0 Å². The van der Waals surface area contributed by atoms with Crippen LogP contribution in [0, 0.1) is 0 Å². The zero-order chi connectivity index (χ0) is 23.6. The third kappa shape index (κ3) is 11.3. The molecule has 0 heterocycles. The van der Waals surface area contributed by atoms with Crippen LogP contribution in [0.25, 0.3) is 0 Å². The largest absolute Gasteiger partial charge is 0.500 e. The number of unbranched alkanes of at least 4 members (excludes halogenated alkanes) is 1. The molecular formula is C24H56N2O3Si2. The fourth-order valence-corrected chi connectivity index (χ4v) is 11.6. The summed E-state index contributed by atoms with van der Waals surface area (Å²) in [5, 5.41) is 0. The van der Waals surface area contributed by atoms with Crippen molar-refractivity contribution in [3.8, 4) is 0 Å². The van der Waals surface area contributed by atoms with Gasteiger partial charge in [0.15, 0.2) is 0 Å². The molecule has 5 nitrogen and oxygen atoms in total. The van der Waals surface area contributed by atoms with Crippen molar-refractivity contribution in [2.45, 2.75) is 105 Å². The van der Waals surface area contributed by atoms with Gasteiger partial charge in [-0.1, -0.05) is 34.6 Å². The van der Waals surface area contributed by atoms with Crippen LogP contribution >= 0.6 is 0 Å². The lowest BCUT2D eigenvalue weighted by Gasteiger charge is -2.42. The standard InChI is InChI=1S/C24H56N2O3Si2/c1-9-19-25(20-10-2)22-23-26(30(14-6,15-7)16-8)21-17-18-24-31(27-11-3,28-12-4)29-13-5/h9-24H2,1-8H3. The first-order chi connectivity index (χ1) is 15.0. The Morgan fingerprint density at radius 1 is 0.548 bits per heavy atom. The molecule has 0 bridgehead atoms. The van der Waals surface area contributed by atoms with Gasteiger partial charge in [0.05, 0.1) is 0 Å². The summed E-state index contributed by atoms with van der Waals surface area (Å²) in [5.41, 5.74) is 0. The Kier molecular flexibility index (Phi) is 18.8. The average Bonchev–Trinajstić information content (AvgIpc) is 2.76. The molecule has 0 aliphatic carbocycles. The smallest absolute Gasteiger partial charge is 0.374 e. The van der Waals surface area contributed by atoms with Crippen molar-refractivity contribution >= 4 is 17.0 Å². The van der Waals surface area contributed by atoms with Gasteiger partial charge in [-0.3, -0.25) is 0 Å². The lowest BCUT2D eigenvalue weighted by molar-refractivity contribution is 0.0705. The third-order valence-corrected chi connectivity index (χ3v) is 15.6. The Morgan fingerprint density at radius 2 is 1.03 bits per heavy atom. The van der Waals surface area contributed by atoms with Gasteiger partial charge in [0, 0.05) is 39.0 Å². The molecule has 0 aromatic rings. The first-order valence-electron chi connectivity index (χ1n) is 13.4. The Bertz CT molecular complexity index is 381. The van der Waals surface area contributed by atoms with Gasteiger partial charge in [-0.05, 0) is 84.2 Å². The molecule has 31 heavy (non-hydrogen) atoms. The summed E-state index contributed by atoms with van der Waals surface area (Å²) in [6.07, 6.45) is 4.82. The second kappa shape index (κ2) is 18.6. The molecule has 0 fully saturated rings. The van der Waals surface area contributed by atoms with Crippen LogP contribution in [0.1, 0.15) is 81.1 Å². The lowest BCUT2D eigenvalue weighted by Crippen LogP contribution is -2.55. The van der Waals surface area contributed by atoms with Gasteiger partial charge in [-0.25, -0.2) is 0 Å². The quantitative estimate of drug-likeness (QED) is 0.136. The summed E-state index contributed by atoms with van der Waals surface area (Å²) >= 11 is 0. The highest BCUT2D eigenvalue weighted by Gasteiger charge is 2.40. The monoisotopic (exact) mass is 476 g/mol. The van der Waals surface area contributed by atoms with Crippen molar-refractivity contribution in [3.63, 3.8) is 0 Å². The van der Waals surface area contributed by atoms with Gasteiger partial charge in [0.1, 0.15) is 8.24 Å². The molecule has 0 spiro atoms. The van der Waals surface area contributed by atoms with Gasteiger partial charge in [-0.15, -0.1) is 0 Å². The molecule has 0 aliphatic heterocycles. The summed E-state index contributed by atoms with van der Waals surface area (Å²) in [6, 6.07) is 5.01. The first kappa shape index (κ1) is 31.2. The number of nitrogens with zero attached hydrogens (tertiary/aromatic N) is 2. The average molecular weight is 477 g/mol. The SMILES string of the molecule is CCCN(CCC)CCN(CCCC[Si](OCC)(OCC)OCC)[Si](CC)(CC)CC. The van der Waals surface area contributed by atoms with E-state index in [1.165, 1.54) is 70.1 Å². The minimum absolute atomic E-state index is 0.667. The van der Waals surface area contributed by atoms with Crippen LogP contribution in [-0.2, 0) is 13.3 Å². The molecule has 188 valence electrons. The van der Waals surface area contributed by atoms with E-state index in [2.05, 4.69) is 44.1 Å². The maximum Gasteiger partial charge on any atom is 0.500 e. The van der Waals surface area contributed by atoms with Crippen molar-refractivity contribution < 1.29 is 13.3 Å². The highest BCUT2D eigenvalue weighted by Crippen LogP contribution is 2.26. The zero-order valence-corrected chi connectivity index (χ0v) is 24.4. The maximum atomic E-state index is 6.06. The van der Waals surface area contributed by atoms with Crippen molar-refractivity contribution in [2.24, 2.45) is 0 Å². The summed E-state index contributed by atoms with van der Waals surface area (Å²) < 4.78 is 21.1. The van der Waals surface area contributed by atoms with Crippen molar-refractivity contribution in [2.75, 3.05) is 52.5 Å². The van der Waals surface area contributed by atoms with Crippen LogP contribution in [0.5, 0.6) is 0 Å². The van der Waals surface area contributed by atoms with Crippen LogP contribution < -0.4 is 0 Å². The fourth-order valence-electron chi connectivity index (χ4n) is 4.88. The predicted octanol–water partition coefficient (Wildman–Crippen LogP) is 6.24. The molecular weight excluding hydrogens is 420 g/mol. The molecule has 0 aromatic heterocycles. The molecule has 0 saturated heterocycles. The molecule has 7 heteroatoms. The van der Waals surface area contributed by atoms with Gasteiger partial charge >= 0.3 is 8.80 Å². The van der Waals surface area contributed by atoms with E-state index in [0.717, 1.165) is 12.5 Å². The molecule has 0 N–H and O–H groups in total. The second-order valence-electron chi connectivity index (χ2n) is 8.55. The van der Waals surface area contributed by atoms with Crippen LogP contribution in [0.3, 0.4) is 0 Å². The summed E-state index contributed by atoms with van der Waals surface area (Å²) in [6.45, 7) is 26.1. The highest BCUT2D eigenvalue weighted by atomic mass is 28.4. The minimum atomic E-state index is -2.51. The Hall–Kier alpha value is 0.234. The van der Waals surface area contributed by atoms with E-state index in [9.17, 15) is 0 Å². The van der Waals surface area contributed by atoms with Crippen LogP contribution in [0.2, 0.25) is 24.2 Å². The van der Waals surface area contributed by atoms with Crippen molar-refractivity contribution in [3.05, 3.63) is 0 Å². The molecule has 0 aliphatic rings. The number of hydrogen-bond acceptors (Lipinski definition) is 5. The molecule has 0 amide bonds. The Labute approximate surface area is 197 Å². The second-order valence-corrected chi connectivity index (χ2v) is 16.5. The molecule has 0 radical (unpaired) electrons. The van der Waals surface area contributed by atoms with Crippen LogP contribution in [0.4, 0.5) is 0 Å². The first-order valence-corrected chi connectivity index (χ1v) is 17.9. The fraction of sp³-hybridized carbons (Fsp3) is 1.00. The maximum absolute atomic E-state index is 6.06. The van der Waals surface area contributed by atoms with Crippen molar-refractivity contribution in [1.82, 2.24) is 9.47 Å². The summed E-state index contributed by atoms with van der Waals surface area (Å²) in [7, 11) is -3.89.